The Balaban J connectivity index is 0.00000128. The van der Waals surface area contributed by atoms with Crippen molar-refractivity contribution in [3.8, 4) is 0 Å². The third-order valence-electron chi connectivity index (χ3n) is 2.70. The first-order chi connectivity index (χ1) is 7.29. The van der Waals surface area contributed by atoms with Crippen LogP contribution >= 0.6 is 12.4 Å². The molecule has 0 saturated heterocycles. The van der Waals surface area contributed by atoms with Gasteiger partial charge in [-0.05, 0) is 36.5 Å². The highest BCUT2D eigenvalue weighted by Gasteiger charge is 2.21. The second kappa shape index (κ2) is 5.87. The average molecular weight is 241 g/mol. The van der Waals surface area contributed by atoms with Gasteiger partial charge in [-0.15, -0.1) is 12.4 Å². The topological polar surface area (TPSA) is 55.1 Å². The lowest BCUT2D eigenvalue weighted by Crippen LogP contribution is -2.25. The predicted octanol–water partition coefficient (Wildman–Crippen LogP) is 1.71. The van der Waals surface area contributed by atoms with Crippen LogP contribution in [0.25, 0.3) is 0 Å². The summed E-state index contributed by atoms with van der Waals surface area (Å²) in [7, 11) is 0. The van der Waals surface area contributed by atoms with Crippen LogP contribution in [0.15, 0.2) is 24.3 Å². The van der Waals surface area contributed by atoms with Gasteiger partial charge < -0.3 is 11.1 Å². The van der Waals surface area contributed by atoms with E-state index < -0.39 is 0 Å². The molecule has 1 saturated carbocycles. The molecule has 16 heavy (non-hydrogen) atoms. The van der Waals surface area contributed by atoms with Crippen LogP contribution in [0, 0.1) is 5.92 Å². The Hall–Kier alpha value is -1.06. The van der Waals surface area contributed by atoms with Crippen LogP contribution in [-0.2, 0) is 6.54 Å². The smallest absolute Gasteiger partial charge is 0.251 e. The number of amides is 1. The molecule has 3 N–H and O–H groups in total. The van der Waals surface area contributed by atoms with E-state index in [9.17, 15) is 4.79 Å². The van der Waals surface area contributed by atoms with Gasteiger partial charge in [0.1, 0.15) is 0 Å². The van der Waals surface area contributed by atoms with E-state index in [0.29, 0.717) is 12.1 Å². The second-order valence-electron chi connectivity index (χ2n) is 4.05. The van der Waals surface area contributed by atoms with E-state index in [4.69, 9.17) is 5.73 Å². The van der Waals surface area contributed by atoms with Gasteiger partial charge in [-0.2, -0.15) is 0 Å². The lowest BCUT2D eigenvalue weighted by atomic mass is 10.1. The first-order valence-electron chi connectivity index (χ1n) is 5.37. The molecule has 4 heteroatoms. The maximum atomic E-state index is 11.6. The van der Waals surface area contributed by atoms with Crippen LogP contribution in [0.5, 0.6) is 0 Å². The van der Waals surface area contributed by atoms with E-state index in [1.807, 2.05) is 24.3 Å². The minimum atomic E-state index is 0. The molecule has 0 aromatic heterocycles. The summed E-state index contributed by atoms with van der Waals surface area (Å²) in [4.78, 5) is 11.6. The third-order valence-corrected chi connectivity index (χ3v) is 2.70. The zero-order chi connectivity index (χ0) is 10.7. The molecule has 0 unspecified atom stereocenters. The lowest BCUT2D eigenvalue weighted by molar-refractivity contribution is 0.0952. The molecule has 1 amide bonds. The zero-order valence-corrected chi connectivity index (χ0v) is 9.93. The quantitative estimate of drug-likeness (QED) is 0.842. The Morgan fingerprint density at radius 1 is 1.31 bits per heavy atom. The van der Waals surface area contributed by atoms with Gasteiger partial charge in [0.05, 0.1) is 0 Å². The molecule has 0 spiro atoms. The SMILES string of the molecule is Cl.NCc1ccc(C(=O)NCC2CC2)cc1. The van der Waals surface area contributed by atoms with E-state index >= 15 is 0 Å². The standard InChI is InChI=1S/C12H16N2O.ClH/c13-7-9-3-5-11(6-4-9)12(15)14-8-10-1-2-10;/h3-6,10H,1-2,7-8,13H2,(H,14,15);1H. The van der Waals surface area contributed by atoms with Gasteiger partial charge in [-0.25, -0.2) is 0 Å². The minimum Gasteiger partial charge on any atom is -0.352 e. The van der Waals surface area contributed by atoms with Gasteiger partial charge in [0.25, 0.3) is 5.91 Å². The van der Waals surface area contributed by atoms with Crippen LogP contribution < -0.4 is 11.1 Å². The predicted molar refractivity (Wildman–Crippen MR) is 66.6 cm³/mol. The highest BCUT2D eigenvalue weighted by Crippen LogP contribution is 2.27. The van der Waals surface area contributed by atoms with Crippen molar-refractivity contribution in [1.29, 1.82) is 0 Å². The summed E-state index contributed by atoms with van der Waals surface area (Å²) in [6, 6.07) is 7.44. The molecule has 1 aromatic rings. The summed E-state index contributed by atoms with van der Waals surface area (Å²) >= 11 is 0. The summed E-state index contributed by atoms with van der Waals surface area (Å²) in [5, 5.41) is 2.93. The fourth-order valence-corrected chi connectivity index (χ4v) is 1.45. The van der Waals surface area contributed by atoms with Gasteiger partial charge in [-0.3, -0.25) is 4.79 Å². The van der Waals surface area contributed by atoms with Crippen LogP contribution in [0.3, 0.4) is 0 Å². The maximum absolute atomic E-state index is 11.6. The molecule has 0 atom stereocenters. The molecule has 1 aromatic carbocycles. The van der Waals surface area contributed by atoms with E-state index in [-0.39, 0.29) is 18.3 Å². The largest absolute Gasteiger partial charge is 0.352 e. The van der Waals surface area contributed by atoms with Crippen molar-refractivity contribution in [2.24, 2.45) is 11.7 Å². The number of halogens is 1. The first kappa shape index (κ1) is 13.0. The van der Waals surface area contributed by atoms with Gasteiger partial charge in [0.15, 0.2) is 0 Å². The van der Waals surface area contributed by atoms with Gasteiger partial charge in [0, 0.05) is 18.7 Å². The number of benzene rings is 1. The summed E-state index contributed by atoms with van der Waals surface area (Å²) in [5.74, 6) is 0.739. The maximum Gasteiger partial charge on any atom is 0.251 e. The molecule has 88 valence electrons. The number of hydrogen-bond acceptors (Lipinski definition) is 2. The van der Waals surface area contributed by atoms with Crippen LogP contribution in [-0.4, -0.2) is 12.5 Å². The number of nitrogens with one attached hydrogen (secondary N) is 1. The minimum absolute atomic E-state index is 0. The molecule has 0 heterocycles. The molecule has 0 aliphatic heterocycles. The fraction of sp³-hybridized carbons (Fsp3) is 0.417. The molecule has 1 aliphatic rings. The summed E-state index contributed by atoms with van der Waals surface area (Å²) in [6.45, 7) is 1.33. The number of rotatable bonds is 4. The van der Waals surface area contributed by atoms with Crippen molar-refractivity contribution >= 4 is 18.3 Å². The van der Waals surface area contributed by atoms with Crippen molar-refractivity contribution in [2.45, 2.75) is 19.4 Å². The summed E-state index contributed by atoms with van der Waals surface area (Å²) in [6.07, 6.45) is 2.51. The average Bonchev–Trinajstić information content (AvgIpc) is 3.10. The summed E-state index contributed by atoms with van der Waals surface area (Å²) < 4.78 is 0. The lowest BCUT2D eigenvalue weighted by Gasteiger charge is -2.04. The van der Waals surface area contributed by atoms with Gasteiger partial charge >= 0.3 is 0 Å². The van der Waals surface area contributed by atoms with E-state index in [0.717, 1.165) is 18.0 Å². The van der Waals surface area contributed by atoms with Crippen LogP contribution in [0.1, 0.15) is 28.8 Å². The van der Waals surface area contributed by atoms with E-state index in [1.165, 1.54) is 12.8 Å². The Bertz CT molecular complexity index is 347. The molecule has 2 rings (SSSR count). The highest BCUT2D eigenvalue weighted by molar-refractivity contribution is 5.94. The van der Waals surface area contributed by atoms with Gasteiger partial charge in [0.2, 0.25) is 0 Å². The third kappa shape index (κ3) is 3.51. The molecule has 3 nitrogen and oxygen atoms in total. The Kier molecular flexibility index (Phi) is 4.77. The van der Waals surface area contributed by atoms with Crippen LogP contribution in [0.4, 0.5) is 0 Å². The van der Waals surface area contributed by atoms with Crippen molar-refractivity contribution in [2.75, 3.05) is 6.54 Å². The number of nitrogens with two attached hydrogens (primary N) is 1. The molecule has 1 fully saturated rings. The highest BCUT2D eigenvalue weighted by atomic mass is 35.5. The Morgan fingerprint density at radius 2 is 1.94 bits per heavy atom. The van der Waals surface area contributed by atoms with Crippen molar-refractivity contribution in [3.63, 3.8) is 0 Å². The molecular weight excluding hydrogens is 224 g/mol. The zero-order valence-electron chi connectivity index (χ0n) is 9.11. The van der Waals surface area contributed by atoms with Crippen molar-refractivity contribution < 1.29 is 4.79 Å². The van der Waals surface area contributed by atoms with Crippen molar-refractivity contribution in [1.82, 2.24) is 5.32 Å². The Labute approximate surface area is 102 Å². The monoisotopic (exact) mass is 240 g/mol. The molecular formula is C12H17ClN2O. The van der Waals surface area contributed by atoms with E-state index in [1.54, 1.807) is 0 Å². The van der Waals surface area contributed by atoms with Crippen LogP contribution in [0.2, 0.25) is 0 Å². The first-order valence-corrected chi connectivity index (χ1v) is 5.37. The fourth-order valence-electron chi connectivity index (χ4n) is 1.45. The number of hydrogen-bond donors (Lipinski definition) is 2. The normalized spacial score (nSPS) is 14.1. The Morgan fingerprint density at radius 3 is 2.44 bits per heavy atom. The molecule has 0 bridgehead atoms. The second-order valence-corrected chi connectivity index (χ2v) is 4.05. The summed E-state index contributed by atoms with van der Waals surface area (Å²) in [5.41, 5.74) is 7.25. The van der Waals surface area contributed by atoms with Gasteiger partial charge in [-0.1, -0.05) is 12.1 Å². The number of carbonyl (C=O) groups is 1. The van der Waals surface area contributed by atoms with E-state index in [2.05, 4.69) is 5.32 Å². The molecule has 0 radical (unpaired) electrons. The molecule has 1 aliphatic carbocycles. The van der Waals surface area contributed by atoms with Crippen molar-refractivity contribution in [3.05, 3.63) is 35.4 Å². The number of carbonyl (C=O) groups excluding carboxylic acids is 1.